The summed E-state index contributed by atoms with van der Waals surface area (Å²) < 4.78 is 13.5. The molecule has 0 bridgehead atoms. The van der Waals surface area contributed by atoms with Gasteiger partial charge in [-0.2, -0.15) is 0 Å². The van der Waals surface area contributed by atoms with Crippen molar-refractivity contribution in [3.63, 3.8) is 0 Å². The van der Waals surface area contributed by atoms with Crippen molar-refractivity contribution < 1.29 is 19.2 Å². The Balaban J connectivity index is 2.02. The maximum Gasteiger partial charge on any atom is 0.267 e. The number of hydroxylamine groups is 1. The van der Waals surface area contributed by atoms with Crippen LogP contribution in [0.4, 0.5) is 4.39 Å². The van der Waals surface area contributed by atoms with Crippen molar-refractivity contribution in [2.45, 2.75) is 19.0 Å². The highest BCUT2D eigenvalue weighted by atomic mass is 19.1. The lowest BCUT2D eigenvalue weighted by atomic mass is 10.1. The first kappa shape index (κ1) is 20.8. The Morgan fingerprint density at radius 1 is 1.18 bits per heavy atom. The lowest BCUT2D eigenvalue weighted by molar-refractivity contribution is -0.131. The molecule has 0 aliphatic carbocycles. The van der Waals surface area contributed by atoms with Crippen molar-refractivity contribution in [1.29, 1.82) is 0 Å². The quantitative estimate of drug-likeness (QED) is 0.360. The second kappa shape index (κ2) is 10.0. The molecule has 0 fully saturated rings. The van der Waals surface area contributed by atoms with Crippen LogP contribution in [0.5, 0.6) is 0 Å². The number of nitrogens with one attached hydrogen (secondary N) is 2. The molecule has 7 heteroatoms. The van der Waals surface area contributed by atoms with Crippen molar-refractivity contribution >= 4 is 17.9 Å². The van der Waals surface area contributed by atoms with E-state index >= 15 is 0 Å². The molecule has 0 radical (unpaired) electrons. The van der Waals surface area contributed by atoms with Crippen LogP contribution in [0.2, 0.25) is 0 Å². The Bertz CT molecular complexity index is 928. The maximum atomic E-state index is 13.5. The number of nitrogens with two attached hydrogens (primary N) is 1. The summed E-state index contributed by atoms with van der Waals surface area (Å²) in [4.78, 5) is 23.8. The van der Waals surface area contributed by atoms with E-state index < -0.39 is 23.9 Å². The van der Waals surface area contributed by atoms with Crippen LogP contribution in [0.15, 0.2) is 54.6 Å². The van der Waals surface area contributed by atoms with Crippen LogP contribution in [0.1, 0.15) is 28.4 Å². The standard InChI is InChI=1S/C21H20FN3O3/c1-14(23)19(21(27)25-28)24-20(26)17-12-10-15(11-13-17)6-2-3-7-16-8-4-5-9-18(16)22/h2,4-6,8-14,19,28H,23H2,1H3,(H,24,26)(H,25,27)/t14-,19+/m1/s1. The molecule has 2 amide bonds. The van der Waals surface area contributed by atoms with Crippen LogP contribution >= 0.6 is 0 Å². The van der Waals surface area contributed by atoms with Gasteiger partial charge in [0, 0.05) is 11.6 Å². The van der Waals surface area contributed by atoms with E-state index in [0.29, 0.717) is 11.1 Å². The molecule has 28 heavy (non-hydrogen) atoms. The SMILES string of the molecule is C[C@@H](N)[C@H](NC(=O)c1ccc(C=CC#Cc2ccccc2F)cc1)C(=O)NO. The molecular formula is C21H20FN3O3. The first-order valence-corrected chi connectivity index (χ1v) is 8.45. The minimum absolute atomic E-state index is 0.315. The molecule has 0 saturated heterocycles. The molecule has 2 aromatic carbocycles. The molecule has 144 valence electrons. The number of rotatable bonds is 5. The number of hydrogen-bond donors (Lipinski definition) is 4. The lowest BCUT2D eigenvalue weighted by Crippen LogP contribution is -2.54. The van der Waals surface area contributed by atoms with Crippen molar-refractivity contribution in [3.05, 3.63) is 77.1 Å². The third kappa shape index (κ3) is 5.77. The van der Waals surface area contributed by atoms with Crippen molar-refractivity contribution in [3.8, 4) is 11.8 Å². The Kier molecular flexibility index (Phi) is 7.45. The van der Waals surface area contributed by atoms with Gasteiger partial charge >= 0.3 is 0 Å². The van der Waals surface area contributed by atoms with Crippen LogP contribution in [0, 0.1) is 17.7 Å². The van der Waals surface area contributed by atoms with Gasteiger partial charge in [0.1, 0.15) is 11.9 Å². The van der Waals surface area contributed by atoms with Crippen LogP contribution in [-0.4, -0.2) is 29.1 Å². The second-order valence-corrected chi connectivity index (χ2v) is 5.99. The van der Waals surface area contributed by atoms with E-state index in [0.717, 1.165) is 5.56 Å². The molecule has 6 nitrogen and oxygen atoms in total. The Hall–Kier alpha value is -3.47. The molecule has 2 rings (SSSR count). The fourth-order valence-corrected chi connectivity index (χ4v) is 2.30. The monoisotopic (exact) mass is 381 g/mol. The van der Waals surface area contributed by atoms with Gasteiger partial charge in [0.2, 0.25) is 0 Å². The largest absolute Gasteiger partial charge is 0.339 e. The zero-order chi connectivity index (χ0) is 20.5. The Morgan fingerprint density at radius 2 is 1.86 bits per heavy atom. The first-order valence-electron chi connectivity index (χ1n) is 8.45. The number of carbonyl (C=O) groups excluding carboxylic acids is 2. The molecule has 0 aliphatic rings. The number of benzene rings is 2. The fourth-order valence-electron chi connectivity index (χ4n) is 2.30. The average molecular weight is 381 g/mol. The molecule has 2 aromatic rings. The normalized spacial score (nSPS) is 12.6. The van der Waals surface area contributed by atoms with Crippen LogP contribution < -0.4 is 16.5 Å². The van der Waals surface area contributed by atoms with Gasteiger partial charge in [0.05, 0.1) is 5.56 Å². The number of hydrogen-bond acceptors (Lipinski definition) is 4. The smallest absolute Gasteiger partial charge is 0.267 e. The number of carbonyl (C=O) groups is 2. The summed E-state index contributed by atoms with van der Waals surface area (Å²) >= 11 is 0. The summed E-state index contributed by atoms with van der Waals surface area (Å²) in [6.45, 7) is 1.54. The number of halogens is 1. The average Bonchev–Trinajstić information content (AvgIpc) is 2.70. The van der Waals surface area contributed by atoms with E-state index in [1.807, 2.05) is 0 Å². The minimum Gasteiger partial charge on any atom is -0.339 e. The van der Waals surface area contributed by atoms with Gasteiger partial charge in [-0.3, -0.25) is 14.8 Å². The van der Waals surface area contributed by atoms with Crippen molar-refractivity contribution in [2.24, 2.45) is 5.73 Å². The van der Waals surface area contributed by atoms with Crippen molar-refractivity contribution in [1.82, 2.24) is 10.8 Å². The van der Waals surface area contributed by atoms with Gasteiger partial charge < -0.3 is 11.1 Å². The fraction of sp³-hybridized carbons (Fsp3) is 0.143. The first-order chi connectivity index (χ1) is 13.4. The third-order valence-electron chi connectivity index (χ3n) is 3.82. The maximum absolute atomic E-state index is 13.5. The highest BCUT2D eigenvalue weighted by Crippen LogP contribution is 2.08. The minimum atomic E-state index is -1.06. The zero-order valence-electron chi connectivity index (χ0n) is 15.1. The topological polar surface area (TPSA) is 104 Å². The predicted octanol–water partition coefficient (Wildman–Crippen LogP) is 1.84. The van der Waals surface area contributed by atoms with E-state index in [9.17, 15) is 14.0 Å². The summed E-state index contributed by atoms with van der Waals surface area (Å²) in [5.41, 5.74) is 8.56. The highest BCUT2D eigenvalue weighted by Gasteiger charge is 2.24. The summed E-state index contributed by atoms with van der Waals surface area (Å²) in [6.07, 6.45) is 3.30. The van der Waals surface area contributed by atoms with Gasteiger partial charge in [-0.1, -0.05) is 36.1 Å². The Labute approximate surface area is 162 Å². The lowest BCUT2D eigenvalue weighted by Gasteiger charge is -2.20. The van der Waals surface area contributed by atoms with E-state index in [1.165, 1.54) is 18.5 Å². The number of allylic oxidation sites excluding steroid dienone is 1. The zero-order valence-corrected chi connectivity index (χ0v) is 15.1. The van der Waals surface area contributed by atoms with Crippen LogP contribution in [-0.2, 0) is 4.79 Å². The summed E-state index contributed by atoms with van der Waals surface area (Å²) in [7, 11) is 0. The van der Waals surface area contributed by atoms with Gasteiger partial charge in [0.15, 0.2) is 0 Å². The number of amides is 2. The van der Waals surface area contributed by atoms with Crippen LogP contribution in [0.3, 0.4) is 0 Å². The van der Waals surface area contributed by atoms with E-state index in [2.05, 4.69) is 17.2 Å². The van der Waals surface area contributed by atoms with Gasteiger partial charge in [0.25, 0.3) is 11.8 Å². The van der Waals surface area contributed by atoms with Gasteiger partial charge in [-0.25, -0.2) is 9.87 Å². The summed E-state index contributed by atoms with van der Waals surface area (Å²) in [5.74, 6) is 3.80. The van der Waals surface area contributed by atoms with E-state index in [4.69, 9.17) is 10.9 Å². The molecule has 0 heterocycles. The highest BCUT2D eigenvalue weighted by molar-refractivity contribution is 5.97. The molecular weight excluding hydrogens is 361 g/mol. The molecule has 0 saturated carbocycles. The molecule has 2 atom stereocenters. The van der Waals surface area contributed by atoms with E-state index in [-0.39, 0.29) is 5.82 Å². The third-order valence-corrected chi connectivity index (χ3v) is 3.82. The van der Waals surface area contributed by atoms with Gasteiger partial charge in [-0.05, 0) is 48.9 Å². The van der Waals surface area contributed by atoms with Crippen molar-refractivity contribution in [2.75, 3.05) is 0 Å². The van der Waals surface area contributed by atoms with Gasteiger partial charge in [-0.15, -0.1) is 0 Å². The molecule has 0 spiro atoms. The Morgan fingerprint density at radius 3 is 2.46 bits per heavy atom. The second-order valence-electron chi connectivity index (χ2n) is 5.99. The molecule has 5 N–H and O–H groups in total. The predicted molar refractivity (Wildman–Crippen MR) is 104 cm³/mol. The molecule has 0 unspecified atom stereocenters. The summed E-state index contributed by atoms with van der Waals surface area (Å²) in [6, 6.07) is 11.0. The van der Waals surface area contributed by atoms with Crippen LogP contribution in [0.25, 0.3) is 6.08 Å². The molecule has 0 aromatic heterocycles. The molecule has 0 aliphatic heterocycles. The van der Waals surface area contributed by atoms with E-state index in [1.54, 1.807) is 54.6 Å². The summed E-state index contributed by atoms with van der Waals surface area (Å²) in [5, 5.41) is 11.2.